The summed E-state index contributed by atoms with van der Waals surface area (Å²) in [6.45, 7) is 23.6. The van der Waals surface area contributed by atoms with E-state index in [2.05, 4.69) is 83.7 Å². The van der Waals surface area contributed by atoms with Crippen molar-refractivity contribution in [3.63, 3.8) is 0 Å². The molecule has 0 bridgehead atoms. The average molecular weight is 864 g/mol. The van der Waals surface area contributed by atoms with E-state index in [1.165, 1.54) is 148 Å². The monoisotopic (exact) mass is 864 g/mol. The molecule has 10 atom stereocenters. The lowest BCUT2D eigenvalue weighted by Gasteiger charge is -2.58. The normalized spacial score (nSPS) is 31.2. The minimum Gasteiger partial charge on any atom is -0.379 e. The van der Waals surface area contributed by atoms with Crippen LogP contribution in [0.25, 0.3) is 0 Å². The Morgan fingerprint density at radius 3 is 2.26 bits per heavy atom. The average Bonchev–Trinajstić information content (AvgIpc) is 3.83. The van der Waals surface area contributed by atoms with Crippen LogP contribution in [0.5, 0.6) is 0 Å². The minimum atomic E-state index is 0.107. The highest BCUT2D eigenvalue weighted by molar-refractivity contribution is 5.25. The molecule has 4 fully saturated rings. The molecule has 5 aliphatic rings. The molecule has 0 aromatic carbocycles. The molecule has 3 saturated carbocycles. The summed E-state index contributed by atoms with van der Waals surface area (Å²) in [6, 6.07) is 0.641. The van der Waals surface area contributed by atoms with E-state index >= 15 is 0 Å². The topological polar surface area (TPSA) is 40.2 Å². The molecule has 3 unspecified atom stereocenters. The molecule has 5 heteroatoms. The quantitative estimate of drug-likeness (QED) is 0.0498. The van der Waals surface area contributed by atoms with Crippen molar-refractivity contribution in [3.05, 3.63) is 36.0 Å². The Kier molecular flexibility index (Phi) is 23.7. The van der Waals surface area contributed by atoms with E-state index < -0.39 is 0 Å². The Hall–Kier alpha value is -0.980. The maximum Gasteiger partial charge on any atom is 0.0936 e. The number of nitrogens with zero attached hydrogens (tertiary/aromatic N) is 1. The van der Waals surface area contributed by atoms with Gasteiger partial charge in [0.2, 0.25) is 0 Å². The SMILES string of the molecule is CCCCC/C=C\C/C=C\CCCCCCCCOC[C@@H](CN1CCC[C@H]1C)OCCOCCO[C@H]1CC[C@@]2(C)C(=CCC3C2CC[C@@]2(C)C3CC[C@@H]2[C@H](C)CCCC(C)C)C1. The van der Waals surface area contributed by atoms with E-state index in [1.807, 2.05) is 0 Å². The second-order valence-corrected chi connectivity index (χ2v) is 22.3. The molecule has 4 aliphatic carbocycles. The summed E-state index contributed by atoms with van der Waals surface area (Å²) in [4.78, 5) is 2.59. The van der Waals surface area contributed by atoms with Gasteiger partial charge in [-0.25, -0.2) is 0 Å². The smallest absolute Gasteiger partial charge is 0.0936 e. The maximum atomic E-state index is 6.52. The molecule has 0 spiro atoms. The van der Waals surface area contributed by atoms with Gasteiger partial charge in [0.15, 0.2) is 0 Å². The predicted octanol–water partition coefficient (Wildman–Crippen LogP) is 15.1. The van der Waals surface area contributed by atoms with Crippen molar-refractivity contribution in [2.45, 2.75) is 227 Å². The van der Waals surface area contributed by atoms with E-state index in [1.54, 1.807) is 5.57 Å². The van der Waals surface area contributed by atoms with Gasteiger partial charge in [-0.2, -0.15) is 0 Å². The van der Waals surface area contributed by atoms with Crippen LogP contribution in [0.3, 0.4) is 0 Å². The van der Waals surface area contributed by atoms with Crippen LogP contribution >= 0.6 is 0 Å². The number of allylic oxidation sites excluding steroid dienone is 5. The van der Waals surface area contributed by atoms with E-state index in [0.29, 0.717) is 56.0 Å². The first-order valence-electron chi connectivity index (χ1n) is 27.3. The van der Waals surface area contributed by atoms with Crippen molar-refractivity contribution in [2.24, 2.45) is 46.3 Å². The number of hydrogen-bond acceptors (Lipinski definition) is 5. The Morgan fingerprint density at radius 2 is 1.50 bits per heavy atom. The number of unbranched alkanes of at least 4 members (excludes halogenated alkanes) is 9. The van der Waals surface area contributed by atoms with E-state index in [4.69, 9.17) is 18.9 Å². The fraction of sp³-hybridized carbons (Fsp3) is 0.895. The highest BCUT2D eigenvalue weighted by atomic mass is 16.6. The maximum absolute atomic E-state index is 6.52. The van der Waals surface area contributed by atoms with Crippen molar-refractivity contribution in [1.29, 1.82) is 0 Å². The zero-order valence-corrected chi connectivity index (χ0v) is 42.0. The van der Waals surface area contributed by atoms with Crippen molar-refractivity contribution >= 4 is 0 Å². The third-order valence-corrected chi connectivity index (χ3v) is 17.3. The molecule has 62 heavy (non-hydrogen) atoms. The van der Waals surface area contributed by atoms with Crippen LogP contribution in [0.4, 0.5) is 0 Å². The van der Waals surface area contributed by atoms with Crippen LogP contribution in [-0.4, -0.2) is 75.9 Å². The molecule has 5 nitrogen and oxygen atoms in total. The first kappa shape index (κ1) is 52.0. The standard InChI is InChI=1S/C57H101NO4/c1-8-9-10-11-12-13-14-15-16-17-18-19-20-21-22-23-38-60-45-51(44-58-37-25-28-48(58)5)62-42-40-59-39-41-61-50-33-35-56(6)49(43-50)29-30-52-54-32-31-53(47(4)27-24-26-46(2)3)57(54,7)36-34-55(52)56/h12-13,15-16,29,46-48,50-55H,8-11,14,17-28,30-45H2,1-7H3/b13-12-,16-15-/t47-,48-,50+,51-,52?,53-,54?,55?,56+,57-/m1/s1. The second kappa shape index (κ2) is 28.3. The van der Waals surface area contributed by atoms with E-state index in [-0.39, 0.29) is 6.10 Å². The van der Waals surface area contributed by atoms with Crippen LogP contribution < -0.4 is 0 Å². The Labute approximate surface area is 384 Å². The molecular weight excluding hydrogens is 763 g/mol. The molecular formula is C57H101NO4. The first-order valence-corrected chi connectivity index (χ1v) is 27.3. The third-order valence-electron chi connectivity index (χ3n) is 17.3. The van der Waals surface area contributed by atoms with E-state index in [0.717, 1.165) is 67.9 Å². The van der Waals surface area contributed by atoms with Crippen LogP contribution in [0.2, 0.25) is 0 Å². The second-order valence-electron chi connectivity index (χ2n) is 22.3. The predicted molar refractivity (Wildman–Crippen MR) is 264 cm³/mol. The summed E-state index contributed by atoms with van der Waals surface area (Å²) in [7, 11) is 0. The minimum absolute atomic E-state index is 0.107. The first-order chi connectivity index (χ1) is 30.2. The van der Waals surface area contributed by atoms with Crippen molar-refractivity contribution in [3.8, 4) is 0 Å². The highest BCUT2D eigenvalue weighted by Gasteiger charge is 2.59. The molecule has 0 N–H and O–H groups in total. The van der Waals surface area contributed by atoms with Gasteiger partial charge < -0.3 is 18.9 Å². The lowest BCUT2D eigenvalue weighted by atomic mass is 9.47. The van der Waals surface area contributed by atoms with Gasteiger partial charge in [-0.05, 0) is 163 Å². The van der Waals surface area contributed by atoms with Gasteiger partial charge in [0.1, 0.15) is 0 Å². The van der Waals surface area contributed by atoms with E-state index in [9.17, 15) is 0 Å². The number of ether oxygens (including phenoxy) is 4. The zero-order valence-electron chi connectivity index (χ0n) is 42.0. The third kappa shape index (κ3) is 16.1. The van der Waals surface area contributed by atoms with Crippen molar-refractivity contribution in [1.82, 2.24) is 4.90 Å². The van der Waals surface area contributed by atoms with Gasteiger partial charge in [0.25, 0.3) is 0 Å². The molecule has 0 amide bonds. The van der Waals surface area contributed by atoms with Gasteiger partial charge in [-0.3, -0.25) is 4.90 Å². The summed E-state index contributed by atoms with van der Waals surface area (Å²) in [5, 5.41) is 0. The fourth-order valence-corrected chi connectivity index (χ4v) is 13.5. The number of rotatable bonds is 32. The number of likely N-dealkylation sites (tertiary alicyclic amines) is 1. The Balaban J connectivity index is 0.914. The highest BCUT2D eigenvalue weighted by Crippen LogP contribution is 2.67. The molecule has 1 aliphatic heterocycles. The Bertz CT molecular complexity index is 1290. The molecule has 0 radical (unpaired) electrons. The van der Waals surface area contributed by atoms with Crippen LogP contribution in [0.15, 0.2) is 36.0 Å². The summed E-state index contributed by atoms with van der Waals surface area (Å²) in [5.41, 5.74) is 2.68. The van der Waals surface area contributed by atoms with Crippen LogP contribution in [-0.2, 0) is 18.9 Å². The molecule has 0 aromatic heterocycles. The summed E-state index contributed by atoms with van der Waals surface area (Å²) >= 11 is 0. The van der Waals surface area contributed by atoms with Gasteiger partial charge in [-0.1, -0.05) is 135 Å². The lowest BCUT2D eigenvalue weighted by Crippen LogP contribution is -2.51. The van der Waals surface area contributed by atoms with Crippen LogP contribution in [0, 0.1) is 46.3 Å². The zero-order chi connectivity index (χ0) is 44.0. The number of fused-ring (bicyclic) bond motifs is 5. The summed E-state index contributed by atoms with van der Waals surface area (Å²) in [6.07, 6.45) is 45.5. The van der Waals surface area contributed by atoms with Gasteiger partial charge in [0.05, 0.1) is 45.2 Å². The van der Waals surface area contributed by atoms with Crippen LogP contribution in [0.1, 0.15) is 209 Å². The molecule has 358 valence electrons. The lowest BCUT2D eigenvalue weighted by molar-refractivity contribution is -0.0736. The molecule has 1 heterocycles. The fourth-order valence-electron chi connectivity index (χ4n) is 13.5. The van der Waals surface area contributed by atoms with Gasteiger partial charge >= 0.3 is 0 Å². The summed E-state index contributed by atoms with van der Waals surface area (Å²) < 4.78 is 25.2. The van der Waals surface area contributed by atoms with Crippen molar-refractivity contribution < 1.29 is 18.9 Å². The Morgan fingerprint density at radius 1 is 0.742 bits per heavy atom. The molecule has 0 aromatic rings. The largest absolute Gasteiger partial charge is 0.379 e. The van der Waals surface area contributed by atoms with Crippen molar-refractivity contribution in [2.75, 3.05) is 52.7 Å². The molecule has 5 rings (SSSR count). The molecule has 1 saturated heterocycles. The summed E-state index contributed by atoms with van der Waals surface area (Å²) in [5.74, 6) is 5.36. The number of hydrogen-bond donors (Lipinski definition) is 0. The van der Waals surface area contributed by atoms with Gasteiger partial charge in [-0.15, -0.1) is 0 Å². The van der Waals surface area contributed by atoms with Gasteiger partial charge in [0, 0.05) is 19.2 Å².